The topological polar surface area (TPSA) is 0 Å². The van der Waals surface area contributed by atoms with E-state index in [0.29, 0.717) is 0 Å². The molecule has 0 aliphatic carbocycles. The first-order chi connectivity index (χ1) is 5.24. The average Bonchev–Trinajstić information content (AvgIpc) is 2.08. The predicted octanol–water partition coefficient (Wildman–Crippen LogP) is 3.43. The van der Waals surface area contributed by atoms with E-state index in [4.69, 9.17) is 0 Å². The van der Waals surface area contributed by atoms with Gasteiger partial charge in [-0.05, 0) is 18.1 Å². The van der Waals surface area contributed by atoms with Gasteiger partial charge in [0.05, 0.1) is 5.33 Å². The van der Waals surface area contributed by atoms with Crippen LogP contribution in [0.2, 0.25) is 18.1 Å². The lowest BCUT2D eigenvalue weighted by molar-refractivity contribution is 1.20. The maximum atomic E-state index is 3.47. The fourth-order valence-corrected chi connectivity index (χ4v) is 4.13. The summed E-state index contributed by atoms with van der Waals surface area (Å²) in [6.07, 6.45) is 0. The largest absolute Gasteiger partial charge is 0.137 e. The predicted molar refractivity (Wildman–Crippen MR) is 58.8 cm³/mol. The minimum absolute atomic E-state index is 0.835. The highest BCUT2D eigenvalue weighted by Crippen LogP contribution is 2.18. The summed E-state index contributed by atoms with van der Waals surface area (Å²) < 4.78 is 0. The Morgan fingerprint density at radius 3 is 1.82 bits per heavy atom. The second-order valence-electron chi connectivity index (χ2n) is 2.78. The van der Waals surface area contributed by atoms with Gasteiger partial charge in [0.1, 0.15) is 8.07 Å². The Kier molecular flexibility index (Phi) is 5.99. The molecule has 0 bridgehead atoms. The van der Waals surface area contributed by atoms with E-state index in [2.05, 4.69) is 48.2 Å². The van der Waals surface area contributed by atoms with Crippen LogP contribution in [0.4, 0.5) is 0 Å². The summed E-state index contributed by atoms with van der Waals surface area (Å²) in [6.45, 7) is 6.84. The van der Waals surface area contributed by atoms with E-state index in [0.717, 1.165) is 5.33 Å². The van der Waals surface area contributed by atoms with Crippen LogP contribution in [-0.2, 0) is 0 Å². The molecule has 2 heteroatoms. The molecule has 0 aliphatic heterocycles. The van der Waals surface area contributed by atoms with Gasteiger partial charge < -0.3 is 0 Å². The van der Waals surface area contributed by atoms with Crippen molar-refractivity contribution in [1.82, 2.24) is 0 Å². The zero-order valence-corrected chi connectivity index (χ0v) is 10.3. The SMILES string of the molecule is CC[Si](C#CCBr)(CC)CC. The fraction of sp³-hybridized carbons (Fsp3) is 0.778. The summed E-state index contributed by atoms with van der Waals surface area (Å²) in [5.74, 6) is 3.17. The lowest BCUT2D eigenvalue weighted by Crippen LogP contribution is -2.29. The molecule has 0 saturated heterocycles. The van der Waals surface area contributed by atoms with Crippen molar-refractivity contribution in [2.45, 2.75) is 38.9 Å². The van der Waals surface area contributed by atoms with Crippen LogP contribution in [-0.4, -0.2) is 13.4 Å². The summed E-state index contributed by atoms with van der Waals surface area (Å²) >= 11 is 3.34. The highest BCUT2D eigenvalue weighted by atomic mass is 79.9. The molecule has 0 aromatic rings. The third kappa shape index (κ3) is 3.44. The molecule has 0 radical (unpaired) electrons. The summed E-state index contributed by atoms with van der Waals surface area (Å²) in [6, 6.07) is 3.92. The fourth-order valence-electron chi connectivity index (χ4n) is 1.24. The number of hydrogen-bond acceptors (Lipinski definition) is 0. The molecule has 0 aromatic heterocycles. The Bertz CT molecular complexity index is 142. The molecule has 0 N–H and O–H groups in total. The number of rotatable bonds is 3. The molecule has 11 heavy (non-hydrogen) atoms. The van der Waals surface area contributed by atoms with E-state index in [9.17, 15) is 0 Å². The molecule has 0 aliphatic rings. The monoisotopic (exact) mass is 232 g/mol. The van der Waals surface area contributed by atoms with Gasteiger partial charge >= 0.3 is 0 Å². The molecule has 0 amide bonds. The van der Waals surface area contributed by atoms with E-state index in [1.54, 1.807) is 0 Å². The van der Waals surface area contributed by atoms with Crippen LogP contribution in [0.3, 0.4) is 0 Å². The van der Waals surface area contributed by atoms with E-state index < -0.39 is 8.07 Å². The van der Waals surface area contributed by atoms with Crippen LogP contribution in [0.15, 0.2) is 0 Å². The maximum Gasteiger partial charge on any atom is 0.137 e. The average molecular weight is 233 g/mol. The lowest BCUT2D eigenvalue weighted by atomic mass is 10.8. The molecular weight excluding hydrogens is 216 g/mol. The van der Waals surface area contributed by atoms with Crippen molar-refractivity contribution in [3.05, 3.63) is 0 Å². The van der Waals surface area contributed by atoms with Gasteiger partial charge in [0.15, 0.2) is 0 Å². The molecule has 0 heterocycles. The van der Waals surface area contributed by atoms with Crippen molar-refractivity contribution in [2.24, 2.45) is 0 Å². The molecule has 0 rings (SSSR count). The van der Waals surface area contributed by atoms with Gasteiger partial charge in [-0.3, -0.25) is 0 Å². The highest BCUT2D eigenvalue weighted by Gasteiger charge is 2.23. The first kappa shape index (κ1) is 11.3. The Balaban J connectivity index is 4.28. The van der Waals surface area contributed by atoms with Crippen LogP contribution in [0, 0.1) is 11.5 Å². The van der Waals surface area contributed by atoms with E-state index in [1.165, 1.54) is 18.1 Å². The van der Waals surface area contributed by atoms with Gasteiger partial charge in [-0.2, -0.15) is 0 Å². The van der Waals surface area contributed by atoms with Crippen LogP contribution in [0.1, 0.15) is 20.8 Å². The lowest BCUT2D eigenvalue weighted by Gasteiger charge is -2.19. The second kappa shape index (κ2) is 5.85. The third-order valence-electron chi connectivity index (χ3n) is 2.45. The zero-order chi connectivity index (χ0) is 8.74. The van der Waals surface area contributed by atoms with Gasteiger partial charge in [0, 0.05) is 0 Å². The molecule has 0 aromatic carbocycles. The minimum atomic E-state index is -1.13. The molecule has 0 unspecified atom stereocenters. The Morgan fingerprint density at radius 1 is 1.09 bits per heavy atom. The number of halogens is 1. The molecule has 64 valence electrons. The van der Waals surface area contributed by atoms with Crippen molar-refractivity contribution in [1.29, 1.82) is 0 Å². The van der Waals surface area contributed by atoms with E-state index >= 15 is 0 Å². The Morgan fingerprint density at radius 2 is 1.55 bits per heavy atom. The Labute approximate surface area is 79.9 Å². The highest BCUT2D eigenvalue weighted by molar-refractivity contribution is 9.09. The summed E-state index contributed by atoms with van der Waals surface area (Å²) in [5.41, 5.74) is 3.47. The van der Waals surface area contributed by atoms with Crippen molar-refractivity contribution in [3.8, 4) is 11.5 Å². The van der Waals surface area contributed by atoms with Crippen molar-refractivity contribution < 1.29 is 0 Å². The van der Waals surface area contributed by atoms with Crippen LogP contribution >= 0.6 is 15.9 Å². The van der Waals surface area contributed by atoms with Crippen molar-refractivity contribution in [2.75, 3.05) is 5.33 Å². The first-order valence-electron chi connectivity index (χ1n) is 4.30. The molecule has 0 fully saturated rings. The van der Waals surface area contributed by atoms with Gasteiger partial charge in [-0.25, -0.2) is 0 Å². The second-order valence-corrected chi connectivity index (χ2v) is 8.27. The quantitative estimate of drug-likeness (QED) is 0.398. The van der Waals surface area contributed by atoms with Gasteiger partial charge in [-0.15, -0.1) is 5.54 Å². The van der Waals surface area contributed by atoms with E-state index in [1.807, 2.05) is 0 Å². The van der Waals surface area contributed by atoms with Crippen LogP contribution in [0.5, 0.6) is 0 Å². The van der Waals surface area contributed by atoms with Gasteiger partial charge in [-0.1, -0.05) is 42.6 Å². The van der Waals surface area contributed by atoms with Crippen molar-refractivity contribution >= 4 is 24.0 Å². The van der Waals surface area contributed by atoms with Gasteiger partial charge in [0.25, 0.3) is 0 Å². The summed E-state index contributed by atoms with van der Waals surface area (Å²) in [7, 11) is -1.13. The Hall–Kier alpha value is 0.257. The summed E-state index contributed by atoms with van der Waals surface area (Å²) in [4.78, 5) is 0. The standard InChI is InChI=1S/C9H17BrSi/c1-4-11(5-2,6-3)9-7-8-10/h4-6,8H2,1-3H3. The van der Waals surface area contributed by atoms with Crippen molar-refractivity contribution in [3.63, 3.8) is 0 Å². The van der Waals surface area contributed by atoms with Gasteiger partial charge in [0.2, 0.25) is 0 Å². The molecule has 0 atom stereocenters. The van der Waals surface area contributed by atoms with Crippen LogP contribution in [0.25, 0.3) is 0 Å². The molecule has 0 spiro atoms. The summed E-state index contributed by atoms with van der Waals surface area (Å²) in [5, 5.41) is 0.835. The molecule has 0 nitrogen and oxygen atoms in total. The normalized spacial score (nSPS) is 10.5. The first-order valence-corrected chi connectivity index (χ1v) is 8.05. The van der Waals surface area contributed by atoms with Crippen LogP contribution < -0.4 is 0 Å². The number of hydrogen-bond donors (Lipinski definition) is 0. The zero-order valence-electron chi connectivity index (χ0n) is 7.71. The maximum absolute atomic E-state index is 3.47. The smallest absolute Gasteiger partial charge is 0.130 e. The molecule has 0 saturated carbocycles. The van der Waals surface area contributed by atoms with E-state index in [-0.39, 0.29) is 0 Å². The molecular formula is C9H17BrSi. The third-order valence-corrected chi connectivity index (χ3v) is 7.50. The number of alkyl halides is 1. The minimum Gasteiger partial charge on any atom is -0.130 e.